The summed E-state index contributed by atoms with van der Waals surface area (Å²) >= 11 is 0. The first-order valence-corrected chi connectivity index (χ1v) is 18.6. The number of hydrogen-bond acceptors (Lipinski definition) is 25. The Balaban J connectivity index is 1.50. The van der Waals surface area contributed by atoms with E-state index in [1.54, 1.807) is 0 Å². The van der Waals surface area contributed by atoms with Crippen LogP contribution in [0.5, 0.6) is 0 Å². The molecule has 7 rings (SSSR count). The smallest absolute Gasteiger partial charge is 0.335 e. The highest BCUT2D eigenvalue weighted by atomic mass is 16.8. The average Bonchev–Trinajstić information content (AvgIpc) is 3.20. The van der Waals surface area contributed by atoms with Crippen molar-refractivity contribution in [3.05, 3.63) is 0 Å². The molecule has 7 aliphatic rings. The molecule has 7 aliphatic heterocycles. The quantitative estimate of drug-likeness (QED) is 0.118. The van der Waals surface area contributed by atoms with E-state index < -0.39 is 192 Å². The van der Waals surface area contributed by atoms with Crippen molar-refractivity contribution in [3.63, 3.8) is 0 Å². The van der Waals surface area contributed by atoms with Crippen LogP contribution in [0.15, 0.2) is 0 Å². The zero-order chi connectivity index (χ0) is 43.2. The van der Waals surface area contributed by atoms with Crippen molar-refractivity contribution in [1.82, 2.24) is 5.32 Å². The lowest BCUT2D eigenvalue weighted by atomic mass is 9.94. The van der Waals surface area contributed by atoms with E-state index in [1.165, 1.54) is 0 Å². The zero-order valence-electron chi connectivity index (χ0n) is 30.9. The molecule has 0 aromatic rings. The maximum Gasteiger partial charge on any atom is 0.335 e. The number of fused-ring (bicyclic) bond motifs is 2. The maximum absolute atomic E-state index is 12.7. The summed E-state index contributed by atoms with van der Waals surface area (Å²) in [5.74, 6) is -2.72. The Morgan fingerprint density at radius 2 is 0.780 bits per heavy atom. The molecule has 59 heavy (non-hydrogen) atoms. The first-order valence-electron chi connectivity index (χ1n) is 18.6. The molecule has 0 aliphatic carbocycles. The van der Waals surface area contributed by atoms with Gasteiger partial charge in [0.05, 0.1) is 26.4 Å². The summed E-state index contributed by atoms with van der Waals surface area (Å²) in [6.07, 6.45) is -48.8. The Kier molecular flexibility index (Phi) is 15.1. The fourth-order valence-corrected chi connectivity index (χ4v) is 7.76. The molecule has 0 aromatic carbocycles. The number of carboxylic acids is 1. The third-order valence-corrected chi connectivity index (χ3v) is 10.9. The van der Waals surface area contributed by atoms with Gasteiger partial charge in [-0.15, -0.1) is 0 Å². The second-order valence-electron chi connectivity index (χ2n) is 14.8. The zero-order valence-corrected chi connectivity index (χ0v) is 30.9. The van der Waals surface area contributed by atoms with Crippen molar-refractivity contribution < 1.29 is 128 Å². The van der Waals surface area contributed by atoms with Crippen molar-refractivity contribution in [1.29, 1.82) is 0 Å². The first kappa shape index (κ1) is 46.5. The number of aliphatic hydroxyl groups is 13. The molecule has 27 heteroatoms. The van der Waals surface area contributed by atoms with Gasteiger partial charge in [0.1, 0.15) is 116 Å². The maximum atomic E-state index is 12.7. The number of nitrogens with one attached hydrogen (secondary N) is 1. The Bertz CT molecular complexity index is 1420. The standard InChI is InChI=1S/C32H51NO26/c1-6(38)33-11-21-14(41)9(4-36)50-28(11)57-24-16(43)12(39)8(3-35)53-32(24)56-23-18(45)19(46)29(59-26(23)27(48)49)55-22-15(42)10(5-37)51-30(20(22)47)58-25-17(44)13(40)7(2-34)52-31(25)54-21/h7-26,28-32,34-37,39-47H,2-5H2,1H3,(H,33,38)(H,48,49)/t7-,8-,9-,10-,11-,12-,13-,14+,15-,16+,17+,18-,19-,20+,21-,22+,23+,24-,25+,26+,28+,29+,30-,31-,32-/m1/s1. The number of aliphatic carboxylic acids is 1. The second kappa shape index (κ2) is 19.2. The number of ether oxygens (including phenoxy) is 10. The molecule has 340 valence electrons. The third kappa shape index (κ3) is 9.10. The summed E-state index contributed by atoms with van der Waals surface area (Å²) in [4.78, 5) is 25.3. The summed E-state index contributed by atoms with van der Waals surface area (Å²) in [5, 5.41) is 154. The highest BCUT2D eigenvalue weighted by molar-refractivity contribution is 5.73. The highest BCUT2D eigenvalue weighted by Gasteiger charge is 2.59. The Morgan fingerprint density at radius 1 is 0.407 bits per heavy atom. The molecule has 7 saturated heterocycles. The predicted octanol–water partition coefficient (Wildman–Crippen LogP) is -10.6. The average molecular weight is 866 g/mol. The first-order chi connectivity index (χ1) is 27.9. The van der Waals surface area contributed by atoms with E-state index in [1.807, 2.05) is 0 Å². The number of carbonyl (C=O) groups is 2. The fraction of sp³-hybridized carbons (Fsp3) is 0.938. The van der Waals surface area contributed by atoms with Gasteiger partial charge in [0.15, 0.2) is 37.6 Å². The molecule has 1 amide bonds. The minimum absolute atomic E-state index is 0.850. The molecule has 0 saturated carbocycles. The largest absolute Gasteiger partial charge is 0.479 e. The summed E-state index contributed by atoms with van der Waals surface area (Å²) in [7, 11) is 0. The molecular weight excluding hydrogens is 814 g/mol. The lowest BCUT2D eigenvalue weighted by molar-refractivity contribution is -0.392. The molecule has 15 N–H and O–H groups in total. The van der Waals surface area contributed by atoms with Gasteiger partial charge in [-0.2, -0.15) is 0 Å². The number of aliphatic hydroxyl groups excluding tert-OH is 13. The number of carboxylic acid groups (broad SMARTS) is 1. The second-order valence-corrected chi connectivity index (χ2v) is 14.8. The van der Waals surface area contributed by atoms with Crippen molar-refractivity contribution in [2.24, 2.45) is 0 Å². The van der Waals surface area contributed by atoms with Gasteiger partial charge in [-0.1, -0.05) is 0 Å². The molecule has 0 unspecified atom stereocenters. The van der Waals surface area contributed by atoms with Gasteiger partial charge >= 0.3 is 5.97 Å². The number of carbonyl (C=O) groups excluding carboxylic acids is 1. The lowest BCUT2D eigenvalue weighted by Crippen LogP contribution is -2.70. The van der Waals surface area contributed by atoms with E-state index in [0.29, 0.717) is 0 Å². The van der Waals surface area contributed by atoms with Gasteiger partial charge in [-0.05, 0) is 0 Å². The van der Waals surface area contributed by atoms with Crippen LogP contribution in [0.3, 0.4) is 0 Å². The molecule has 7 fully saturated rings. The Labute approximate surface area is 332 Å². The molecule has 0 spiro atoms. The predicted molar refractivity (Wildman–Crippen MR) is 175 cm³/mol. The minimum Gasteiger partial charge on any atom is -0.479 e. The summed E-state index contributed by atoms with van der Waals surface area (Å²) in [5.41, 5.74) is 0. The normalized spacial score (nSPS) is 52.2. The van der Waals surface area contributed by atoms with Gasteiger partial charge < -0.3 is 124 Å². The minimum atomic E-state index is -2.33. The van der Waals surface area contributed by atoms with Crippen LogP contribution in [0, 0.1) is 0 Å². The van der Waals surface area contributed by atoms with Crippen molar-refractivity contribution in [2.45, 2.75) is 160 Å². The molecule has 25 atom stereocenters. The van der Waals surface area contributed by atoms with Crippen LogP contribution < -0.4 is 5.32 Å². The van der Waals surface area contributed by atoms with Gasteiger partial charge in [-0.3, -0.25) is 4.79 Å². The molecule has 0 aromatic heterocycles. The van der Waals surface area contributed by atoms with Crippen molar-refractivity contribution >= 4 is 11.9 Å². The molecular formula is C32H51NO26. The van der Waals surface area contributed by atoms with E-state index in [0.717, 1.165) is 6.92 Å². The van der Waals surface area contributed by atoms with E-state index >= 15 is 0 Å². The molecule has 7 heterocycles. The summed E-state index contributed by atoms with van der Waals surface area (Å²) in [6, 6.07) is -1.77. The van der Waals surface area contributed by atoms with Crippen LogP contribution in [0.4, 0.5) is 0 Å². The van der Waals surface area contributed by atoms with Gasteiger partial charge in [-0.25, -0.2) is 4.79 Å². The van der Waals surface area contributed by atoms with Crippen LogP contribution in [0.2, 0.25) is 0 Å². The van der Waals surface area contributed by atoms with Crippen LogP contribution in [0.1, 0.15) is 6.92 Å². The van der Waals surface area contributed by atoms with Gasteiger partial charge in [0.2, 0.25) is 5.91 Å². The van der Waals surface area contributed by atoms with E-state index in [9.17, 15) is 81.1 Å². The van der Waals surface area contributed by atoms with Crippen molar-refractivity contribution in [2.75, 3.05) is 26.4 Å². The monoisotopic (exact) mass is 865 g/mol. The third-order valence-electron chi connectivity index (χ3n) is 10.9. The number of amides is 1. The van der Waals surface area contributed by atoms with Gasteiger partial charge in [0.25, 0.3) is 0 Å². The molecule has 27 nitrogen and oxygen atoms in total. The summed E-state index contributed by atoms with van der Waals surface area (Å²) in [6.45, 7) is -2.94. The fourth-order valence-electron chi connectivity index (χ4n) is 7.76. The van der Waals surface area contributed by atoms with E-state index in [2.05, 4.69) is 5.32 Å². The van der Waals surface area contributed by atoms with Crippen LogP contribution >= 0.6 is 0 Å². The Morgan fingerprint density at radius 3 is 1.27 bits per heavy atom. The number of rotatable bonds is 6. The lowest BCUT2D eigenvalue weighted by Gasteiger charge is -2.50. The number of hydrogen-bond donors (Lipinski definition) is 15. The van der Waals surface area contributed by atoms with E-state index in [-0.39, 0.29) is 0 Å². The van der Waals surface area contributed by atoms with Crippen LogP contribution in [-0.4, -0.2) is 263 Å². The van der Waals surface area contributed by atoms with Gasteiger partial charge in [0, 0.05) is 6.92 Å². The van der Waals surface area contributed by atoms with Crippen LogP contribution in [-0.2, 0) is 57.0 Å². The Hall–Kier alpha value is -1.98. The summed E-state index contributed by atoms with van der Waals surface area (Å²) < 4.78 is 57.4. The SMILES string of the molecule is CC(=O)N[C@H]1[C@@H]2O[C@H]3[C@@H](O[C@H]4[C@H](O)[C@@H](O)[C@@H](O[C@@H]5[C@H](O)[C@@H](O[C@@H]6[C@@H](O[C@H]1[C@@H](O)[C@@H](CO)O2)O[C@H](CO)[C@@H](O)[C@@H]6O)O[C@H](CO)[C@H]5O)O[C@@H]4C(=O)O)O[C@H](CO)[C@@H](O)[C@@H]3O. The molecule has 0 radical (unpaired) electrons. The van der Waals surface area contributed by atoms with E-state index in [4.69, 9.17) is 47.4 Å². The molecule has 6 bridgehead atoms. The topological polar surface area (TPSA) is 422 Å². The highest BCUT2D eigenvalue weighted by Crippen LogP contribution is 2.38. The van der Waals surface area contributed by atoms with Crippen LogP contribution in [0.25, 0.3) is 0 Å². The van der Waals surface area contributed by atoms with Crippen molar-refractivity contribution in [3.8, 4) is 0 Å².